The van der Waals surface area contributed by atoms with E-state index in [1.165, 1.54) is 19.1 Å². The third-order valence-corrected chi connectivity index (χ3v) is 1.37. The number of allylic oxidation sites excluding steroid dienone is 6. The molecule has 0 aromatic rings. The lowest BCUT2D eigenvalue weighted by Gasteiger charge is -2.05. The summed E-state index contributed by atoms with van der Waals surface area (Å²) in [6, 6.07) is 0. The van der Waals surface area contributed by atoms with Crippen molar-refractivity contribution < 1.29 is 9.50 Å². The van der Waals surface area contributed by atoms with E-state index in [1.54, 1.807) is 0 Å². The molecule has 1 aliphatic carbocycles. The lowest BCUT2D eigenvalue weighted by molar-refractivity contribution is 0.411. The molecule has 0 aliphatic heterocycles. The second-order valence-electron chi connectivity index (χ2n) is 2.28. The zero-order valence-electron chi connectivity index (χ0n) is 6.06. The van der Waals surface area contributed by atoms with E-state index in [0.29, 0.717) is 0 Å². The van der Waals surface area contributed by atoms with E-state index in [2.05, 4.69) is 0 Å². The number of hydrogen-bond acceptors (Lipinski definition) is 2. The minimum atomic E-state index is -0.440. The normalized spacial score (nSPS) is 21.6. The molecular formula is C8H8FNO. The molecule has 0 fully saturated rings. The second-order valence-corrected chi connectivity index (χ2v) is 2.28. The van der Waals surface area contributed by atoms with Crippen molar-refractivity contribution >= 4 is 5.71 Å². The quantitative estimate of drug-likeness (QED) is 0.515. The Morgan fingerprint density at radius 2 is 2.18 bits per heavy atom. The first-order valence-corrected chi connectivity index (χ1v) is 3.15. The highest BCUT2D eigenvalue weighted by Crippen LogP contribution is 2.15. The molecule has 2 nitrogen and oxygen atoms in total. The molecule has 0 heterocycles. The molecule has 0 amide bonds. The highest BCUT2D eigenvalue weighted by molar-refractivity contribution is 6.09. The second kappa shape index (κ2) is 2.70. The number of halogens is 1. The van der Waals surface area contributed by atoms with Crippen LogP contribution in [-0.4, -0.2) is 10.8 Å². The first kappa shape index (κ1) is 7.72. The van der Waals surface area contributed by atoms with Crippen LogP contribution in [-0.2, 0) is 0 Å². The van der Waals surface area contributed by atoms with Crippen LogP contribution in [0.5, 0.6) is 0 Å². The number of hydrogen-bond donors (Lipinski definition) is 2. The van der Waals surface area contributed by atoms with Gasteiger partial charge in [-0.05, 0) is 25.2 Å². The van der Waals surface area contributed by atoms with Gasteiger partial charge in [-0.1, -0.05) is 0 Å². The van der Waals surface area contributed by atoms with Crippen molar-refractivity contribution in [2.75, 3.05) is 0 Å². The van der Waals surface area contributed by atoms with Crippen LogP contribution in [0.15, 0.2) is 35.4 Å². The van der Waals surface area contributed by atoms with Crippen molar-refractivity contribution in [2.45, 2.75) is 6.92 Å². The summed E-state index contributed by atoms with van der Waals surface area (Å²) in [6.07, 6.45) is 3.64. The predicted octanol–water partition coefficient (Wildman–Crippen LogP) is 2.26. The van der Waals surface area contributed by atoms with Gasteiger partial charge in [-0.2, -0.15) is 0 Å². The van der Waals surface area contributed by atoms with E-state index in [0.717, 1.165) is 6.08 Å². The summed E-state index contributed by atoms with van der Waals surface area (Å²) in [4.78, 5) is 0. The lowest BCUT2D eigenvalue weighted by atomic mass is 10.0. The molecule has 0 aromatic heterocycles. The van der Waals surface area contributed by atoms with Crippen molar-refractivity contribution in [1.82, 2.24) is 0 Å². The minimum absolute atomic E-state index is 0.0329. The number of aliphatic hydroxyl groups is 1. The van der Waals surface area contributed by atoms with Gasteiger partial charge < -0.3 is 10.5 Å². The summed E-state index contributed by atoms with van der Waals surface area (Å²) in [5.74, 6) is -0.473. The van der Waals surface area contributed by atoms with Crippen LogP contribution in [0.3, 0.4) is 0 Å². The third kappa shape index (κ3) is 1.55. The van der Waals surface area contributed by atoms with Gasteiger partial charge in [-0.3, -0.25) is 0 Å². The Morgan fingerprint density at radius 3 is 2.64 bits per heavy atom. The molecule has 3 heteroatoms. The van der Waals surface area contributed by atoms with Crippen LogP contribution in [0.2, 0.25) is 0 Å². The molecular weight excluding hydrogens is 145 g/mol. The van der Waals surface area contributed by atoms with E-state index in [1.807, 2.05) is 0 Å². The fourth-order valence-electron chi connectivity index (χ4n) is 0.816. The van der Waals surface area contributed by atoms with E-state index < -0.39 is 5.83 Å². The maximum absolute atomic E-state index is 12.5. The van der Waals surface area contributed by atoms with E-state index >= 15 is 0 Å². The third-order valence-electron chi connectivity index (χ3n) is 1.37. The van der Waals surface area contributed by atoms with Crippen molar-refractivity contribution in [3.8, 4) is 0 Å². The van der Waals surface area contributed by atoms with Crippen LogP contribution in [0.1, 0.15) is 6.92 Å². The monoisotopic (exact) mass is 153 g/mol. The topological polar surface area (TPSA) is 44.1 Å². The van der Waals surface area contributed by atoms with E-state index in [4.69, 9.17) is 10.5 Å². The smallest absolute Gasteiger partial charge is 0.124 e. The average Bonchev–Trinajstić information content (AvgIpc) is 1.94. The lowest BCUT2D eigenvalue weighted by Crippen LogP contribution is -2.01. The van der Waals surface area contributed by atoms with Gasteiger partial charge in [0.25, 0.3) is 0 Å². The molecule has 0 unspecified atom stereocenters. The SMILES string of the molecule is C/C(O)=C1/C=C(F)C=CC1=N. The van der Waals surface area contributed by atoms with Crippen LogP contribution in [0.25, 0.3) is 0 Å². The van der Waals surface area contributed by atoms with Crippen LogP contribution >= 0.6 is 0 Å². The molecule has 0 aromatic carbocycles. The maximum atomic E-state index is 12.5. The molecule has 2 N–H and O–H groups in total. The van der Waals surface area contributed by atoms with Gasteiger partial charge in [0.15, 0.2) is 0 Å². The predicted molar refractivity (Wildman–Crippen MR) is 41.4 cm³/mol. The summed E-state index contributed by atoms with van der Waals surface area (Å²) in [5, 5.41) is 16.2. The van der Waals surface area contributed by atoms with Crippen molar-refractivity contribution in [3.63, 3.8) is 0 Å². The molecule has 0 atom stereocenters. The maximum Gasteiger partial charge on any atom is 0.124 e. The van der Waals surface area contributed by atoms with Crippen molar-refractivity contribution in [2.24, 2.45) is 0 Å². The highest BCUT2D eigenvalue weighted by atomic mass is 19.1. The Balaban J connectivity index is 3.10. The van der Waals surface area contributed by atoms with Gasteiger partial charge in [0.2, 0.25) is 0 Å². The summed E-state index contributed by atoms with van der Waals surface area (Å²) in [6.45, 7) is 1.42. The molecule has 0 spiro atoms. The van der Waals surface area contributed by atoms with Gasteiger partial charge in [0.1, 0.15) is 5.83 Å². The Morgan fingerprint density at radius 1 is 1.55 bits per heavy atom. The van der Waals surface area contributed by atoms with Crippen LogP contribution < -0.4 is 0 Å². The zero-order chi connectivity index (χ0) is 8.43. The largest absolute Gasteiger partial charge is 0.512 e. The van der Waals surface area contributed by atoms with Crippen molar-refractivity contribution in [3.05, 3.63) is 35.4 Å². The molecule has 1 rings (SSSR count). The first-order valence-electron chi connectivity index (χ1n) is 3.15. The van der Waals surface area contributed by atoms with Gasteiger partial charge in [-0.15, -0.1) is 0 Å². The number of rotatable bonds is 0. The van der Waals surface area contributed by atoms with Crippen molar-refractivity contribution in [1.29, 1.82) is 5.41 Å². The van der Waals surface area contributed by atoms with Gasteiger partial charge in [0, 0.05) is 5.57 Å². The fourth-order valence-corrected chi connectivity index (χ4v) is 0.816. The van der Waals surface area contributed by atoms with E-state index in [-0.39, 0.29) is 17.0 Å². The summed E-state index contributed by atoms with van der Waals surface area (Å²) < 4.78 is 12.5. The number of nitrogens with one attached hydrogen (secondary N) is 1. The number of aliphatic hydroxyl groups excluding tert-OH is 1. The molecule has 0 saturated carbocycles. The summed E-state index contributed by atoms with van der Waals surface area (Å²) in [7, 11) is 0. The molecule has 11 heavy (non-hydrogen) atoms. The van der Waals surface area contributed by atoms with Crippen LogP contribution in [0.4, 0.5) is 4.39 Å². The molecule has 58 valence electrons. The van der Waals surface area contributed by atoms with Gasteiger partial charge >= 0.3 is 0 Å². The zero-order valence-corrected chi connectivity index (χ0v) is 6.06. The Hall–Kier alpha value is -1.38. The Bertz CT molecular complexity index is 282. The molecule has 0 saturated heterocycles. The Kier molecular flexibility index (Phi) is 1.89. The van der Waals surface area contributed by atoms with Gasteiger partial charge in [0.05, 0.1) is 11.5 Å². The minimum Gasteiger partial charge on any atom is -0.512 e. The average molecular weight is 153 g/mol. The van der Waals surface area contributed by atoms with E-state index in [9.17, 15) is 4.39 Å². The summed E-state index contributed by atoms with van der Waals surface area (Å²) in [5.41, 5.74) is 0.372. The molecule has 0 bridgehead atoms. The summed E-state index contributed by atoms with van der Waals surface area (Å²) >= 11 is 0. The standard InChI is InChI=1S/C8H8FNO/c1-5(11)7-4-6(9)2-3-8(7)10/h2-4,10-11H,1H3/b7-5+,10-8?. The highest BCUT2D eigenvalue weighted by Gasteiger charge is 2.08. The van der Waals surface area contributed by atoms with Crippen LogP contribution in [0, 0.1) is 5.41 Å². The van der Waals surface area contributed by atoms with Gasteiger partial charge in [-0.25, -0.2) is 4.39 Å². The first-order chi connectivity index (χ1) is 5.11. The molecule has 1 aliphatic rings. The fraction of sp³-hybridized carbons (Fsp3) is 0.125. The molecule has 0 radical (unpaired) electrons. The Labute approximate surface area is 63.9 Å².